The molecule has 0 aromatic carbocycles. The lowest BCUT2D eigenvalue weighted by Gasteiger charge is -2.33. The van der Waals surface area contributed by atoms with Crippen LogP contribution in [0.5, 0.6) is 0 Å². The Labute approximate surface area is 136 Å². The molecule has 3 rings (SSSR count). The van der Waals surface area contributed by atoms with Gasteiger partial charge < -0.3 is 10.2 Å². The molecule has 1 aromatic heterocycles. The van der Waals surface area contributed by atoms with Gasteiger partial charge in [0.05, 0.1) is 18.8 Å². The summed E-state index contributed by atoms with van der Waals surface area (Å²) in [6.07, 6.45) is 6.49. The van der Waals surface area contributed by atoms with Crippen molar-refractivity contribution in [3.05, 3.63) is 12.3 Å². The highest BCUT2D eigenvalue weighted by Gasteiger charge is 2.23. The summed E-state index contributed by atoms with van der Waals surface area (Å²) in [5.41, 5.74) is 0. The predicted molar refractivity (Wildman–Crippen MR) is 87.1 cm³/mol. The molecule has 2 heterocycles. The summed E-state index contributed by atoms with van der Waals surface area (Å²) in [4.78, 5) is 27.5. The van der Waals surface area contributed by atoms with E-state index in [1.165, 1.54) is 12.8 Å². The van der Waals surface area contributed by atoms with Crippen LogP contribution in [0.2, 0.25) is 0 Å². The van der Waals surface area contributed by atoms with Crippen LogP contribution in [-0.4, -0.2) is 64.1 Å². The number of nitrogens with one attached hydrogen (secondary N) is 1. The number of nitrogens with zero attached hydrogens (tertiary/aromatic N) is 4. The number of hydrogen-bond acceptors (Lipinski definition) is 4. The van der Waals surface area contributed by atoms with Crippen LogP contribution in [0.15, 0.2) is 12.3 Å². The monoisotopic (exact) mass is 319 g/mol. The Balaban J connectivity index is 1.50. The van der Waals surface area contributed by atoms with E-state index < -0.39 is 0 Å². The molecule has 7 heteroatoms. The Hall–Kier alpha value is -1.89. The molecule has 2 amide bonds. The average molecular weight is 319 g/mol. The number of rotatable bonds is 4. The van der Waals surface area contributed by atoms with Crippen molar-refractivity contribution in [3.8, 4) is 0 Å². The number of hydrogen-bond donors (Lipinski definition) is 1. The van der Waals surface area contributed by atoms with Gasteiger partial charge in [-0.1, -0.05) is 12.8 Å². The highest BCUT2D eigenvalue weighted by atomic mass is 16.2. The summed E-state index contributed by atoms with van der Waals surface area (Å²) in [7, 11) is 0. The molecule has 1 aliphatic carbocycles. The summed E-state index contributed by atoms with van der Waals surface area (Å²) in [6.45, 7) is 4.84. The van der Waals surface area contributed by atoms with Gasteiger partial charge in [0.15, 0.2) is 0 Å². The first-order chi connectivity index (χ1) is 11.1. The van der Waals surface area contributed by atoms with Gasteiger partial charge >= 0.3 is 0 Å². The first kappa shape index (κ1) is 16.0. The van der Waals surface area contributed by atoms with Crippen molar-refractivity contribution in [1.82, 2.24) is 19.6 Å². The third-order valence-corrected chi connectivity index (χ3v) is 4.79. The minimum Gasteiger partial charge on any atom is -0.340 e. The van der Waals surface area contributed by atoms with Crippen molar-refractivity contribution in [2.45, 2.75) is 38.6 Å². The van der Waals surface area contributed by atoms with E-state index in [0.717, 1.165) is 31.7 Å². The average Bonchev–Trinajstić information content (AvgIpc) is 3.18. The zero-order chi connectivity index (χ0) is 16.2. The number of amides is 2. The summed E-state index contributed by atoms with van der Waals surface area (Å²) in [5, 5.41) is 7.36. The van der Waals surface area contributed by atoms with E-state index in [0.29, 0.717) is 25.7 Å². The molecule has 126 valence electrons. The summed E-state index contributed by atoms with van der Waals surface area (Å²) in [6, 6.07) is 2.28. The second-order valence-corrected chi connectivity index (χ2v) is 6.43. The third-order valence-electron chi connectivity index (χ3n) is 4.79. The van der Waals surface area contributed by atoms with Crippen molar-refractivity contribution in [1.29, 1.82) is 0 Å². The van der Waals surface area contributed by atoms with Crippen LogP contribution in [0.25, 0.3) is 0 Å². The number of carbonyl (C=O) groups excluding carboxylic acids is 2. The molecule has 0 atom stereocenters. The molecule has 1 saturated heterocycles. The fourth-order valence-electron chi connectivity index (χ4n) is 3.46. The molecule has 7 nitrogen and oxygen atoms in total. The van der Waals surface area contributed by atoms with Crippen LogP contribution in [-0.2, 0) is 9.59 Å². The number of aromatic nitrogens is 2. The highest BCUT2D eigenvalue weighted by Crippen LogP contribution is 2.31. The van der Waals surface area contributed by atoms with Gasteiger partial charge in [0.25, 0.3) is 0 Å². The fourth-order valence-corrected chi connectivity index (χ4v) is 3.46. The van der Waals surface area contributed by atoms with Crippen molar-refractivity contribution in [3.63, 3.8) is 0 Å². The molecule has 23 heavy (non-hydrogen) atoms. The largest absolute Gasteiger partial charge is 0.340 e. The van der Waals surface area contributed by atoms with Crippen molar-refractivity contribution >= 4 is 17.6 Å². The third kappa shape index (κ3) is 3.90. The van der Waals surface area contributed by atoms with E-state index in [1.54, 1.807) is 13.1 Å². The van der Waals surface area contributed by atoms with Gasteiger partial charge in [-0.3, -0.25) is 14.5 Å². The molecule has 2 fully saturated rings. The Morgan fingerprint density at radius 2 is 1.91 bits per heavy atom. The minimum absolute atomic E-state index is 0.0129. The maximum atomic E-state index is 12.3. The van der Waals surface area contributed by atoms with Crippen LogP contribution in [0.1, 0.15) is 38.6 Å². The van der Waals surface area contributed by atoms with E-state index in [-0.39, 0.29) is 11.8 Å². The lowest BCUT2D eigenvalue weighted by molar-refractivity contribution is -0.130. The van der Waals surface area contributed by atoms with Gasteiger partial charge in [-0.15, -0.1) is 0 Å². The lowest BCUT2D eigenvalue weighted by Crippen LogP contribution is -2.49. The van der Waals surface area contributed by atoms with E-state index >= 15 is 0 Å². The molecule has 2 aliphatic rings. The standard InChI is InChI=1S/C16H25N5O2/c1-13(22)20-10-8-19(9-11-20)12-16(23)18-15-6-7-17-21(15)14-4-2-3-5-14/h6-7,14H,2-5,8-12H2,1H3,(H,18,23). The molecule has 0 spiro atoms. The molecular weight excluding hydrogens is 294 g/mol. The second kappa shape index (κ2) is 7.12. The fraction of sp³-hybridized carbons (Fsp3) is 0.688. The van der Waals surface area contributed by atoms with E-state index in [9.17, 15) is 9.59 Å². The molecular formula is C16H25N5O2. The Morgan fingerprint density at radius 1 is 1.22 bits per heavy atom. The molecule has 0 unspecified atom stereocenters. The Kier molecular flexibility index (Phi) is 4.95. The normalized spacial score (nSPS) is 20.0. The van der Waals surface area contributed by atoms with E-state index in [4.69, 9.17) is 0 Å². The first-order valence-corrected chi connectivity index (χ1v) is 8.45. The second-order valence-electron chi connectivity index (χ2n) is 6.43. The molecule has 0 bridgehead atoms. The van der Waals surface area contributed by atoms with Crippen molar-refractivity contribution in [2.24, 2.45) is 0 Å². The van der Waals surface area contributed by atoms with Crippen LogP contribution in [0.3, 0.4) is 0 Å². The van der Waals surface area contributed by atoms with Crippen molar-refractivity contribution in [2.75, 3.05) is 38.0 Å². The highest BCUT2D eigenvalue weighted by molar-refractivity contribution is 5.91. The van der Waals surface area contributed by atoms with Gasteiger partial charge in [-0.2, -0.15) is 5.10 Å². The van der Waals surface area contributed by atoms with Gasteiger partial charge in [0.1, 0.15) is 5.82 Å². The van der Waals surface area contributed by atoms with Gasteiger partial charge in [0, 0.05) is 39.2 Å². The van der Waals surface area contributed by atoms with Gasteiger partial charge in [-0.05, 0) is 12.8 Å². The maximum absolute atomic E-state index is 12.3. The van der Waals surface area contributed by atoms with Gasteiger partial charge in [-0.25, -0.2) is 4.68 Å². The van der Waals surface area contributed by atoms with E-state index in [1.807, 2.05) is 15.6 Å². The SMILES string of the molecule is CC(=O)N1CCN(CC(=O)Nc2ccnn2C2CCCC2)CC1. The molecule has 1 aromatic rings. The molecule has 0 radical (unpaired) electrons. The van der Waals surface area contributed by atoms with Crippen LogP contribution >= 0.6 is 0 Å². The quantitative estimate of drug-likeness (QED) is 0.902. The number of carbonyl (C=O) groups is 2. The summed E-state index contributed by atoms with van der Waals surface area (Å²) in [5.74, 6) is 0.889. The topological polar surface area (TPSA) is 70.5 Å². The van der Waals surface area contributed by atoms with E-state index in [2.05, 4.69) is 15.3 Å². The molecule has 1 aliphatic heterocycles. The van der Waals surface area contributed by atoms with Gasteiger partial charge in [0.2, 0.25) is 11.8 Å². The molecule has 1 N–H and O–H groups in total. The van der Waals surface area contributed by atoms with Crippen molar-refractivity contribution < 1.29 is 9.59 Å². The Morgan fingerprint density at radius 3 is 2.57 bits per heavy atom. The van der Waals surface area contributed by atoms with Crippen LogP contribution in [0.4, 0.5) is 5.82 Å². The minimum atomic E-state index is -0.0129. The van der Waals surface area contributed by atoms with Crippen LogP contribution in [0, 0.1) is 0 Å². The maximum Gasteiger partial charge on any atom is 0.239 e. The lowest BCUT2D eigenvalue weighted by atomic mass is 10.2. The Bertz CT molecular complexity index is 557. The number of piperazine rings is 1. The summed E-state index contributed by atoms with van der Waals surface area (Å²) < 4.78 is 1.96. The summed E-state index contributed by atoms with van der Waals surface area (Å²) >= 11 is 0. The number of anilines is 1. The van der Waals surface area contributed by atoms with Crippen LogP contribution < -0.4 is 5.32 Å². The molecule has 1 saturated carbocycles. The first-order valence-electron chi connectivity index (χ1n) is 8.45. The smallest absolute Gasteiger partial charge is 0.239 e. The predicted octanol–water partition coefficient (Wildman–Crippen LogP) is 1.10. The zero-order valence-corrected chi connectivity index (χ0v) is 13.7. The zero-order valence-electron chi connectivity index (χ0n) is 13.7.